The fraction of sp³-hybridized carbons (Fsp3) is 0.222. The molecule has 3 rings (SSSR count). The zero-order valence-electron chi connectivity index (χ0n) is 12.8. The zero-order chi connectivity index (χ0) is 15.5. The molecule has 0 saturated carbocycles. The van der Waals surface area contributed by atoms with E-state index in [4.69, 9.17) is 4.98 Å². The maximum absolute atomic E-state index is 10.9. The lowest BCUT2D eigenvalue weighted by Gasteiger charge is -2.03. The van der Waals surface area contributed by atoms with Crippen LogP contribution in [-0.4, -0.2) is 22.0 Å². The van der Waals surface area contributed by atoms with Crippen LogP contribution in [0.5, 0.6) is 0 Å². The lowest BCUT2D eigenvalue weighted by Crippen LogP contribution is -2.22. The van der Waals surface area contributed by atoms with Crippen LogP contribution in [0.2, 0.25) is 0 Å². The molecule has 22 heavy (non-hydrogen) atoms. The van der Waals surface area contributed by atoms with Gasteiger partial charge in [-0.2, -0.15) is 0 Å². The van der Waals surface area contributed by atoms with E-state index in [1.807, 2.05) is 25.2 Å². The van der Waals surface area contributed by atoms with E-state index in [-0.39, 0.29) is 5.91 Å². The molecule has 1 heterocycles. The molecule has 0 fully saturated rings. The molecule has 1 N–H and O–H groups in total. The number of nitrogens with zero attached hydrogens (tertiary/aromatic N) is 2. The normalized spacial score (nSPS) is 10.8. The van der Waals surface area contributed by atoms with Gasteiger partial charge in [0.25, 0.3) is 0 Å². The number of carbonyl (C=O) groups is 1. The van der Waals surface area contributed by atoms with Crippen molar-refractivity contribution >= 4 is 16.9 Å². The third-order valence-corrected chi connectivity index (χ3v) is 3.76. The number of nitrogens with one attached hydrogen (secondary N) is 1. The van der Waals surface area contributed by atoms with Crippen LogP contribution in [0.4, 0.5) is 0 Å². The summed E-state index contributed by atoms with van der Waals surface area (Å²) < 4.78 is 2.11. The minimum absolute atomic E-state index is 0.00489. The quantitative estimate of drug-likeness (QED) is 0.804. The van der Waals surface area contributed by atoms with Gasteiger partial charge >= 0.3 is 0 Å². The summed E-state index contributed by atoms with van der Waals surface area (Å²) in [6.07, 6.45) is 0.812. The zero-order valence-corrected chi connectivity index (χ0v) is 12.8. The number of hydrogen-bond acceptors (Lipinski definition) is 2. The van der Waals surface area contributed by atoms with Gasteiger partial charge in [-0.1, -0.05) is 36.4 Å². The highest BCUT2D eigenvalue weighted by molar-refractivity contribution is 5.81. The van der Waals surface area contributed by atoms with E-state index < -0.39 is 0 Å². The summed E-state index contributed by atoms with van der Waals surface area (Å²) in [4.78, 5) is 15.7. The summed E-state index contributed by atoms with van der Waals surface area (Å²) in [6.45, 7) is 2.19. The Labute approximate surface area is 129 Å². The number of fused-ring (bicyclic) bond motifs is 1. The van der Waals surface area contributed by atoms with Gasteiger partial charge in [-0.05, 0) is 24.1 Å². The van der Waals surface area contributed by atoms with Crippen LogP contribution in [-0.2, 0) is 18.3 Å². The topological polar surface area (TPSA) is 46.9 Å². The number of aromatic nitrogens is 2. The van der Waals surface area contributed by atoms with E-state index in [9.17, 15) is 4.79 Å². The van der Waals surface area contributed by atoms with Crippen LogP contribution in [0, 0.1) is 0 Å². The van der Waals surface area contributed by atoms with Crippen molar-refractivity contribution in [1.82, 2.24) is 14.9 Å². The molecule has 0 radical (unpaired) electrons. The molecule has 0 unspecified atom stereocenters. The average Bonchev–Trinajstić information content (AvgIpc) is 2.84. The van der Waals surface area contributed by atoms with E-state index in [1.54, 1.807) is 0 Å². The summed E-state index contributed by atoms with van der Waals surface area (Å²) >= 11 is 0. The van der Waals surface area contributed by atoms with E-state index in [1.165, 1.54) is 12.5 Å². The molecule has 4 nitrogen and oxygen atoms in total. The maximum atomic E-state index is 10.9. The molecule has 1 aromatic heterocycles. The van der Waals surface area contributed by atoms with Gasteiger partial charge in [-0.25, -0.2) is 4.98 Å². The minimum atomic E-state index is 0.00489. The van der Waals surface area contributed by atoms with Crippen LogP contribution < -0.4 is 5.32 Å². The van der Waals surface area contributed by atoms with Gasteiger partial charge in [-0.15, -0.1) is 0 Å². The Morgan fingerprint density at radius 1 is 1.18 bits per heavy atom. The fourth-order valence-electron chi connectivity index (χ4n) is 2.63. The molecule has 0 spiro atoms. The van der Waals surface area contributed by atoms with E-state index in [0.717, 1.165) is 28.8 Å². The second-order valence-electron chi connectivity index (χ2n) is 5.42. The highest BCUT2D eigenvalue weighted by Crippen LogP contribution is 2.24. The molecule has 0 aliphatic heterocycles. The van der Waals surface area contributed by atoms with Gasteiger partial charge in [0.05, 0.1) is 11.0 Å². The number of carbonyl (C=O) groups excluding carboxylic acids is 1. The first kappa shape index (κ1) is 14.3. The van der Waals surface area contributed by atoms with Gasteiger partial charge in [0.1, 0.15) is 5.82 Å². The van der Waals surface area contributed by atoms with Gasteiger partial charge in [0, 0.05) is 26.1 Å². The Morgan fingerprint density at radius 3 is 2.68 bits per heavy atom. The standard InChI is InChI=1S/C18H19N3O/c1-13(22)19-11-10-14-8-9-17-16(12-14)20-18(21(17)2)15-6-4-3-5-7-15/h3-9,12H,10-11H2,1-2H3,(H,19,22). The van der Waals surface area contributed by atoms with Gasteiger partial charge < -0.3 is 9.88 Å². The van der Waals surface area contributed by atoms with Crippen LogP contribution in [0.3, 0.4) is 0 Å². The van der Waals surface area contributed by atoms with Crippen molar-refractivity contribution in [3.63, 3.8) is 0 Å². The highest BCUT2D eigenvalue weighted by atomic mass is 16.1. The Morgan fingerprint density at radius 2 is 1.95 bits per heavy atom. The molecule has 112 valence electrons. The number of imidazole rings is 1. The lowest BCUT2D eigenvalue weighted by atomic mass is 10.1. The first-order valence-electron chi connectivity index (χ1n) is 7.40. The summed E-state index contributed by atoms with van der Waals surface area (Å²) in [5, 5.41) is 2.82. The summed E-state index contributed by atoms with van der Waals surface area (Å²) in [5.41, 5.74) is 4.39. The summed E-state index contributed by atoms with van der Waals surface area (Å²) in [7, 11) is 2.04. The largest absolute Gasteiger partial charge is 0.356 e. The number of hydrogen-bond donors (Lipinski definition) is 1. The van der Waals surface area contributed by atoms with Crippen LogP contribution in [0.25, 0.3) is 22.4 Å². The second kappa shape index (κ2) is 6.02. The molecule has 0 aliphatic carbocycles. The highest BCUT2D eigenvalue weighted by Gasteiger charge is 2.09. The van der Waals surface area contributed by atoms with Crippen LogP contribution in [0.15, 0.2) is 48.5 Å². The molecule has 2 aromatic carbocycles. The molecule has 1 amide bonds. The SMILES string of the molecule is CC(=O)NCCc1ccc2c(c1)nc(-c1ccccc1)n2C. The van der Waals surface area contributed by atoms with Crippen molar-refractivity contribution in [3.05, 3.63) is 54.1 Å². The first-order valence-corrected chi connectivity index (χ1v) is 7.40. The second-order valence-corrected chi connectivity index (χ2v) is 5.42. The lowest BCUT2D eigenvalue weighted by molar-refractivity contribution is -0.118. The first-order chi connectivity index (χ1) is 10.6. The number of aryl methyl sites for hydroxylation is 1. The molecule has 0 aliphatic rings. The van der Waals surface area contributed by atoms with Crippen molar-refractivity contribution < 1.29 is 4.79 Å². The third kappa shape index (κ3) is 2.86. The van der Waals surface area contributed by atoms with Crippen molar-refractivity contribution in [3.8, 4) is 11.4 Å². The monoisotopic (exact) mass is 293 g/mol. The molecule has 4 heteroatoms. The molecule has 3 aromatic rings. The third-order valence-electron chi connectivity index (χ3n) is 3.76. The van der Waals surface area contributed by atoms with Crippen LogP contribution >= 0.6 is 0 Å². The Hall–Kier alpha value is -2.62. The predicted molar refractivity (Wildman–Crippen MR) is 88.5 cm³/mol. The Bertz CT molecular complexity index is 806. The summed E-state index contributed by atoms with van der Waals surface area (Å²) in [5.74, 6) is 0.972. The van der Waals surface area contributed by atoms with Crippen molar-refractivity contribution in [1.29, 1.82) is 0 Å². The van der Waals surface area contributed by atoms with E-state index in [2.05, 4.69) is 40.2 Å². The minimum Gasteiger partial charge on any atom is -0.356 e. The van der Waals surface area contributed by atoms with Crippen molar-refractivity contribution in [2.24, 2.45) is 7.05 Å². The maximum Gasteiger partial charge on any atom is 0.216 e. The van der Waals surface area contributed by atoms with Gasteiger partial charge in [0.2, 0.25) is 5.91 Å². The van der Waals surface area contributed by atoms with Gasteiger partial charge in [0.15, 0.2) is 0 Å². The van der Waals surface area contributed by atoms with Gasteiger partial charge in [-0.3, -0.25) is 4.79 Å². The fourth-order valence-corrected chi connectivity index (χ4v) is 2.63. The average molecular weight is 293 g/mol. The predicted octanol–water partition coefficient (Wildman–Crippen LogP) is 2.92. The van der Waals surface area contributed by atoms with Crippen LogP contribution in [0.1, 0.15) is 12.5 Å². The molecule has 0 atom stereocenters. The molecular formula is C18H19N3O. The number of rotatable bonds is 4. The smallest absolute Gasteiger partial charge is 0.216 e. The molecule has 0 bridgehead atoms. The molecule has 0 saturated heterocycles. The number of benzene rings is 2. The van der Waals surface area contributed by atoms with Crippen molar-refractivity contribution in [2.45, 2.75) is 13.3 Å². The van der Waals surface area contributed by atoms with Crippen molar-refractivity contribution in [2.75, 3.05) is 6.54 Å². The Kier molecular flexibility index (Phi) is 3.92. The Balaban J connectivity index is 1.91. The van der Waals surface area contributed by atoms with E-state index >= 15 is 0 Å². The number of amides is 1. The van der Waals surface area contributed by atoms with E-state index in [0.29, 0.717) is 6.54 Å². The summed E-state index contributed by atoms with van der Waals surface area (Å²) in [6, 6.07) is 16.5. The molecular weight excluding hydrogens is 274 g/mol.